The first kappa shape index (κ1) is 17.5. The summed E-state index contributed by atoms with van der Waals surface area (Å²) in [7, 11) is 0. The number of amides is 2. The predicted octanol–water partition coefficient (Wildman–Crippen LogP) is 2.80. The van der Waals surface area contributed by atoms with Gasteiger partial charge in [0.05, 0.1) is 12.8 Å². The summed E-state index contributed by atoms with van der Waals surface area (Å²) >= 11 is 5.97. The van der Waals surface area contributed by atoms with E-state index in [-0.39, 0.29) is 11.8 Å². The lowest BCUT2D eigenvalue weighted by Gasteiger charge is -2.35. The maximum absolute atomic E-state index is 12.4. The number of nitrogens with zero attached hydrogens (tertiary/aromatic N) is 2. The first-order valence-corrected chi connectivity index (χ1v) is 8.83. The van der Waals surface area contributed by atoms with Gasteiger partial charge in [-0.2, -0.15) is 0 Å². The van der Waals surface area contributed by atoms with Gasteiger partial charge >= 0.3 is 0 Å². The molecule has 1 aliphatic rings. The summed E-state index contributed by atoms with van der Waals surface area (Å²) in [5.41, 5.74) is 1.94. The molecule has 0 aromatic heterocycles. The largest absolute Gasteiger partial charge is 0.339 e. The monoisotopic (exact) mass is 356 g/mol. The van der Waals surface area contributed by atoms with E-state index in [1.807, 2.05) is 58.3 Å². The molecule has 1 aliphatic heterocycles. The second kappa shape index (κ2) is 8.17. The summed E-state index contributed by atoms with van der Waals surface area (Å²) in [6.07, 6.45) is 0.760. The predicted molar refractivity (Wildman–Crippen MR) is 98.5 cm³/mol. The van der Waals surface area contributed by atoms with Crippen LogP contribution in [0.2, 0.25) is 5.02 Å². The van der Waals surface area contributed by atoms with Crippen molar-refractivity contribution in [3.8, 4) is 0 Å². The van der Waals surface area contributed by atoms with Crippen molar-refractivity contribution in [3.05, 3.63) is 70.7 Å². The van der Waals surface area contributed by atoms with E-state index in [0.717, 1.165) is 11.1 Å². The molecule has 5 heteroatoms. The van der Waals surface area contributed by atoms with E-state index in [2.05, 4.69) is 0 Å². The highest BCUT2D eigenvalue weighted by molar-refractivity contribution is 6.30. The molecule has 2 aromatic carbocycles. The van der Waals surface area contributed by atoms with Crippen LogP contribution in [-0.2, 0) is 22.4 Å². The molecule has 1 fully saturated rings. The molecule has 1 heterocycles. The molecule has 0 spiro atoms. The molecule has 0 bridgehead atoms. The number of carbonyl (C=O) groups excluding carboxylic acids is 2. The van der Waals surface area contributed by atoms with Crippen LogP contribution in [0.1, 0.15) is 11.1 Å². The van der Waals surface area contributed by atoms with E-state index >= 15 is 0 Å². The van der Waals surface area contributed by atoms with E-state index in [1.165, 1.54) is 0 Å². The Balaban J connectivity index is 1.49. The van der Waals surface area contributed by atoms with Crippen LogP contribution in [0.4, 0.5) is 0 Å². The van der Waals surface area contributed by atoms with Gasteiger partial charge in [-0.1, -0.05) is 54.1 Å². The Morgan fingerprint density at radius 1 is 0.760 bits per heavy atom. The van der Waals surface area contributed by atoms with Gasteiger partial charge in [0.15, 0.2) is 0 Å². The Labute approximate surface area is 153 Å². The molecule has 0 aliphatic carbocycles. The van der Waals surface area contributed by atoms with Gasteiger partial charge in [0.25, 0.3) is 0 Å². The quantitative estimate of drug-likeness (QED) is 0.845. The molecule has 1 saturated heterocycles. The minimum absolute atomic E-state index is 0.0809. The third-order valence-corrected chi connectivity index (χ3v) is 4.66. The molecule has 3 rings (SSSR count). The Bertz CT molecular complexity index is 740. The molecule has 4 nitrogen and oxygen atoms in total. The van der Waals surface area contributed by atoms with Crippen LogP contribution < -0.4 is 0 Å². The average Bonchev–Trinajstić information content (AvgIpc) is 2.62. The van der Waals surface area contributed by atoms with Gasteiger partial charge in [0, 0.05) is 31.2 Å². The third kappa shape index (κ3) is 4.83. The van der Waals surface area contributed by atoms with Crippen LogP contribution in [0.3, 0.4) is 0 Å². The first-order valence-electron chi connectivity index (χ1n) is 8.46. The lowest BCUT2D eigenvalue weighted by molar-refractivity contribution is -0.138. The van der Waals surface area contributed by atoms with Crippen molar-refractivity contribution < 1.29 is 9.59 Å². The minimum atomic E-state index is 0.0809. The molecule has 2 aromatic rings. The van der Waals surface area contributed by atoms with Crippen molar-refractivity contribution >= 4 is 23.4 Å². The van der Waals surface area contributed by atoms with E-state index in [0.29, 0.717) is 44.0 Å². The van der Waals surface area contributed by atoms with Crippen LogP contribution in [0.15, 0.2) is 54.6 Å². The normalized spacial score (nSPS) is 14.4. The number of hydrogen-bond acceptors (Lipinski definition) is 2. The minimum Gasteiger partial charge on any atom is -0.339 e. The summed E-state index contributed by atoms with van der Waals surface area (Å²) in [6.45, 7) is 2.35. The highest BCUT2D eigenvalue weighted by atomic mass is 35.5. The Morgan fingerprint density at radius 2 is 1.28 bits per heavy atom. The van der Waals surface area contributed by atoms with Crippen molar-refractivity contribution in [2.45, 2.75) is 12.8 Å². The lowest BCUT2D eigenvalue weighted by Crippen LogP contribution is -2.51. The summed E-state index contributed by atoms with van der Waals surface area (Å²) in [4.78, 5) is 28.5. The van der Waals surface area contributed by atoms with E-state index in [4.69, 9.17) is 11.6 Å². The fourth-order valence-electron chi connectivity index (χ4n) is 3.02. The van der Waals surface area contributed by atoms with Crippen LogP contribution in [0.5, 0.6) is 0 Å². The fraction of sp³-hybridized carbons (Fsp3) is 0.300. The molecular weight excluding hydrogens is 336 g/mol. The highest BCUT2D eigenvalue weighted by Crippen LogP contribution is 2.13. The second-order valence-electron chi connectivity index (χ2n) is 6.23. The Kier molecular flexibility index (Phi) is 5.71. The van der Waals surface area contributed by atoms with Gasteiger partial charge in [0.1, 0.15) is 0 Å². The zero-order chi connectivity index (χ0) is 17.6. The molecule has 130 valence electrons. The Morgan fingerprint density at radius 3 is 1.84 bits per heavy atom. The maximum atomic E-state index is 12.4. The van der Waals surface area contributed by atoms with Gasteiger partial charge in [-0.3, -0.25) is 9.59 Å². The van der Waals surface area contributed by atoms with Crippen molar-refractivity contribution in [1.82, 2.24) is 9.80 Å². The molecule has 0 saturated carbocycles. The Hall–Kier alpha value is -2.33. The van der Waals surface area contributed by atoms with E-state index in [1.54, 1.807) is 6.07 Å². The maximum Gasteiger partial charge on any atom is 0.227 e. The summed E-state index contributed by atoms with van der Waals surface area (Å²) < 4.78 is 0. The van der Waals surface area contributed by atoms with Crippen LogP contribution in [-0.4, -0.2) is 47.8 Å². The fourth-order valence-corrected chi connectivity index (χ4v) is 3.23. The van der Waals surface area contributed by atoms with Gasteiger partial charge in [-0.15, -0.1) is 0 Å². The number of hydrogen-bond donors (Lipinski definition) is 0. The zero-order valence-electron chi connectivity index (χ0n) is 14.0. The number of piperazine rings is 1. The molecule has 0 atom stereocenters. The van der Waals surface area contributed by atoms with Gasteiger partial charge in [-0.25, -0.2) is 0 Å². The molecular formula is C20H21ClN2O2. The van der Waals surface area contributed by atoms with E-state index in [9.17, 15) is 9.59 Å². The van der Waals surface area contributed by atoms with Gasteiger partial charge in [-0.05, 0) is 23.3 Å². The van der Waals surface area contributed by atoms with Crippen LogP contribution in [0.25, 0.3) is 0 Å². The van der Waals surface area contributed by atoms with Crippen molar-refractivity contribution in [2.24, 2.45) is 0 Å². The summed E-state index contributed by atoms with van der Waals surface area (Å²) in [5, 5.41) is 0.640. The van der Waals surface area contributed by atoms with Crippen molar-refractivity contribution in [2.75, 3.05) is 26.2 Å². The molecule has 0 radical (unpaired) electrons. The second-order valence-corrected chi connectivity index (χ2v) is 6.67. The average molecular weight is 357 g/mol. The number of rotatable bonds is 4. The van der Waals surface area contributed by atoms with Gasteiger partial charge < -0.3 is 9.80 Å². The lowest BCUT2D eigenvalue weighted by atomic mass is 10.1. The third-order valence-electron chi connectivity index (χ3n) is 4.43. The smallest absolute Gasteiger partial charge is 0.227 e. The number of carbonyl (C=O) groups is 2. The van der Waals surface area contributed by atoms with Crippen molar-refractivity contribution in [3.63, 3.8) is 0 Å². The highest BCUT2D eigenvalue weighted by Gasteiger charge is 2.24. The van der Waals surface area contributed by atoms with Crippen molar-refractivity contribution in [1.29, 1.82) is 0 Å². The zero-order valence-corrected chi connectivity index (χ0v) is 14.8. The molecule has 0 N–H and O–H groups in total. The number of halogens is 1. The SMILES string of the molecule is O=C(Cc1ccccc1)N1CCN(C(=O)Cc2cccc(Cl)c2)CC1. The summed E-state index contributed by atoms with van der Waals surface area (Å²) in [5.74, 6) is 0.200. The van der Waals surface area contributed by atoms with Crippen LogP contribution in [0, 0.1) is 0 Å². The first-order chi connectivity index (χ1) is 12.1. The number of benzene rings is 2. The topological polar surface area (TPSA) is 40.6 Å². The van der Waals surface area contributed by atoms with Crippen LogP contribution >= 0.6 is 11.6 Å². The summed E-state index contributed by atoms with van der Waals surface area (Å²) in [6, 6.07) is 17.1. The molecule has 2 amide bonds. The standard InChI is InChI=1S/C20H21ClN2O2/c21-18-8-4-7-17(13-18)15-20(25)23-11-9-22(10-12-23)19(24)14-16-5-2-1-3-6-16/h1-8,13H,9-12,14-15H2. The van der Waals surface area contributed by atoms with E-state index < -0.39 is 0 Å². The van der Waals surface area contributed by atoms with Gasteiger partial charge in [0.2, 0.25) is 11.8 Å². The molecule has 0 unspecified atom stereocenters. The molecule has 25 heavy (non-hydrogen) atoms.